The second kappa shape index (κ2) is 5.13. The van der Waals surface area contributed by atoms with Crippen molar-refractivity contribution >= 4 is 23.6 Å². The smallest absolute Gasteiger partial charge is 0.330 e. The molecule has 4 nitrogen and oxygen atoms in total. The fourth-order valence-electron chi connectivity index (χ4n) is 0.869. The molecule has 1 rings (SSSR count). The lowest BCUT2D eigenvalue weighted by Crippen LogP contribution is -1.93. The van der Waals surface area contributed by atoms with Crippen LogP contribution in [0.15, 0.2) is 18.3 Å². The van der Waals surface area contributed by atoms with Crippen LogP contribution >= 0.6 is 11.6 Å². The summed E-state index contributed by atoms with van der Waals surface area (Å²) in [6.07, 6.45) is 4.02. The molecule has 0 bridgehead atoms. The maximum absolute atomic E-state index is 10.8. The van der Waals surface area contributed by atoms with Crippen LogP contribution in [0, 0.1) is 11.3 Å². The van der Waals surface area contributed by atoms with Crippen LogP contribution in [0.5, 0.6) is 0 Å². The van der Waals surface area contributed by atoms with Gasteiger partial charge in [-0.2, -0.15) is 5.26 Å². The van der Waals surface area contributed by atoms with E-state index in [2.05, 4.69) is 9.72 Å². The Hall–Kier alpha value is -1.86. The largest absolute Gasteiger partial charge is 0.466 e. The van der Waals surface area contributed by atoms with Gasteiger partial charge in [-0.25, -0.2) is 9.78 Å². The zero-order valence-electron chi connectivity index (χ0n) is 7.90. The fourth-order valence-corrected chi connectivity index (χ4v) is 1.04. The number of halogens is 1. The number of carbonyl (C=O) groups is 1. The van der Waals surface area contributed by atoms with Gasteiger partial charge in [0.25, 0.3) is 0 Å². The van der Waals surface area contributed by atoms with Crippen LogP contribution in [0.1, 0.15) is 11.1 Å². The van der Waals surface area contributed by atoms with E-state index in [1.807, 2.05) is 6.07 Å². The van der Waals surface area contributed by atoms with Gasteiger partial charge in [0, 0.05) is 17.8 Å². The van der Waals surface area contributed by atoms with Crippen molar-refractivity contribution in [1.29, 1.82) is 5.26 Å². The molecule has 0 unspecified atom stereocenters. The topological polar surface area (TPSA) is 63.0 Å². The van der Waals surface area contributed by atoms with Crippen molar-refractivity contribution in [1.82, 2.24) is 4.98 Å². The van der Waals surface area contributed by atoms with Crippen molar-refractivity contribution in [3.05, 3.63) is 34.6 Å². The molecule has 1 aromatic heterocycles. The van der Waals surface area contributed by atoms with Crippen LogP contribution in [-0.2, 0) is 9.53 Å². The van der Waals surface area contributed by atoms with Gasteiger partial charge in [0.1, 0.15) is 11.2 Å². The average Bonchev–Trinajstić information content (AvgIpc) is 2.27. The van der Waals surface area contributed by atoms with E-state index >= 15 is 0 Å². The molecule has 5 heteroatoms. The molecule has 1 aromatic rings. The Morgan fingerprint density at radius 2 is 2.47 bits per heavy atom. The number of hydrogen-bond acceptors (Lipinski definition) is 4. The highest BCUT2D eigenvalue weighted by atomic mass is 35.5. The number of carbonyl (C=O) groups excluding carboxylic acids is 1. The zero-order valence-corrected chi connectivity index (χ0v) is 8.65. The molecular formula is C10H7ClN2O2. The molecule has 0 radical (unpaired) electrons. The highest BCUT2D eigenvalue weighted by Crippen LogP contribution is 2.15. The summed E-state index contributed by atoms with van der Waals surface area (Å²) in [6.45, 7) is 0. The van der Waals surface area contributed by atoms with Crippen LogP contribution < -0.4 is 0 Å². The van der Waals surface area contributed by atoms with Crippen LogP contribution in [0.4, 0.5) is 0 Å². The first-order valence-electron chi connectivity index (χ1n) is 3.99. The third-order valence-electron chi connectivity index (χ3n) is 1.60. The predicted octanol–water partition coefficient (Wildman–Crippen LogP) is 1.79. The molecule has 0 amide bonds. The lowest BCUT2D eigenvalue weighted by atomic mass is 10.2. The molecule has 0 saturated heterocycles. The van der Waals surface area contributed by atoms with Gasteiger partial charge in [-0.05, 0) is 12.1 Å². The van der Waals surface area contributed by atoms with Gasteiger partial charge >= 0.3 is 5.97 Å². The Balaban J connectivity index is 2.99. The molecular weight excluding hydrogens is 216 g/mol. The Morgan fingerprint density at radius 1 is 1.73 bits per heavy atom. The minimum absolute atomic E-state index is 0.231. The van der Waals surface area contributed by atoms with E-state index in [1.165, 1.54) is 31.5 Å². The molecule has 0 aliphatic heterocycles. The number of ether oxygens (including phenoxy) is 1. The Morgan fingerprint density at radius 3 is 3.07 bits per heavy atom. The standard InChI is InChI=1S/C10H7ClN2O2/c1-15-9(14)3-2-8-4-7(5-12)6-13-10(8)11/h2-4,6H,1H3. The first kappa shape index (κ1) is 11.2. The summed E-state index contributed by atoms with van der Waals surface area (Å²) in [5.41, 5.74) is 0.880. The van der Waals surface area contributed by atoms with Crippen LogP contribution in [-0.4, -0.2) is 18.1 Å². The second-order valence-electron chi connectivity index (χ2n) is 2.57. The summed E-state index contributed by atoms with van der Waals surface area (Å²) >= 11 is 5.76. The highest BCUT2D eigenvalue weighted by Gasteiger charge is 2.01. The first-order valence-corrected chi connectivity index (χ1v) is 4.37. The van der Waals surface area contributed by atoms with Crippen molar-refractivity contribution in [2.45, 2.75) is 0 Å². The fraction of sp³-hybridized carbons (Fsp3) is 0.100. The van der Waals surface area contributed by atoms with Gasteiger partial charge < -0.3 is 4.74 Å². The average molecular weight is 223 g/mol. The summed E-state index contributed by atoms with van der Waals surface area (Å²) in [7, 11) is 1.28. The normalized spacial score (nSPS) is 9.93. The van der Waals surface area contributed by atoms with Gasteiger partial charge in [0.15, 0.2) is 0 Å². The number of hydrogen-bond donors (Lipinski definition) is 0. The molecule has 0 aromatic carbocycles. The van der Waals surface area contributed by atoms with Crippen LogP contribution in [0.2, 0.25) is 5.15 Å². The van der Waals surface area contributed by atoms with Gasteiger partial charge in [0.05, 0.1) is 12.7 Å². The summed E-state index contributed by atoms with van der Waals surface area (Å²) in [5.74, 6) is -0.492. The molecule has 76 valence electrons. The number of nitrogens with zero attached hydrogens (tertiary/aromatic N) is 2. The minimum Gasteiger partial charge on any atom is -0.466 e. The first-order chi connectivity index (χ1) is 7.17. The molecule has 1 heterocycles. The summed E-state index contributed by atoms with van der Waals surface area (Å²) in [4.78, 5) is 14.6. The van der Waals surface area contributed by atoms with E-state index < -0.39 is 5.97 Å². The number of nitriles is 1. The number of rotatable bonds is 2. The number of aromatic nitrogens is 1. The monoisotopic (exact) mass is 222 g/mol. The molecule has 0 atom stereocenters. The van der Waals surface area contributed by atoms with E-state index in [0.717, 1.165) is 0 Å². The van der Waals surface area contributed by atoms with E-state index in [-0.39, 0.29) is 5.15 Å². The summed E-state index contributed by atoms with van der Waals surface area (Å²) in [5, 5.41) is 8.86. The maximum Gasteiger partial charge on any atom is 0.330 e. The van der Waals surface area contributed by atoms with E-state index in [9.17, 15) is 4.79 Å². The number of esters is 1. The Kier molecular flexibility index (Phi) is 3.83. The van der Waals surface area contributed by atoms with Gasteiger partial charge in [0.2, 0.25) is 0 Å². The Labute approximate surface area is 91.8 Å². The Bertz CT molecular complexity index is 449. The maximum atomic E-state index is 10.8. The van der Waals surface area contributed by atoms with Crippen molar-refractivity contribution in [3.63, 3.8) is 0 Å². The third-order valence-corrected chi connectivity index (χ3v) is 1.91. The number of methoxy groups -OCH3 is 1. The second-order valence-corrected chi connectivity index (χ2v) is 2.93. The highest BCUT2D eigenvalue weighted by molar-refractivity contribution is 6.30. The predicted molar refractivity (Wildman–Crippen MR) is 55.0 cm³/mol. The quantitative estimate of drug-likeness (QED) is 0.435. The van der Waals surface area contributed by atoms with Crippen LogP contribution in [0.25, 0.3) is 6.08 Å². The third kappa shape index (κ3) is 3.08. The molecule has 0 fully saturated rings. The van der Waals surface area contributed by atoms with E-state index in [1.54, 1.807) is 0 Å². The molecule has 15 heavy (non-hydrogen) atoms. The molecule has 0 N–H and O–H groups in total. The lowest BCUT2D eigenvalue weighted by Gasteiger charge is -1.97. The van der Waals surface area contributed by atoms with Gasteiger partial charge in [-0.15, -0.1) is 0 Å². The minimum atomic E-state index is -0.492. The number of pyridine rings is 1. The van der Waals surface area contributed by atoms with Gasteiger partial charge in [-0.3, -0.25) is 0 Å². The molecule has 0 aliphatic carbocycles. The van der Waals surface area contributed by atoms with Crippen LogP contribution in [0.3, 0.4) is 0 Å². The van der Waals surface area contributed by atoms with Gasteiger partial charge in [-0.1, -0.05) is 11.6 Å². The molecule has 0 spiro atoms. The summed E-state index contributed by atoms with van der Waals surface area (Å²) < 4.78 is 4.41. The lowest BCUT2D eigenvalue weighted by molar-refractivity contribution is -0.134. The SMILES string of the molecule is COC(=O)C=Cc1cc(C#N)cnc1Cl. The van der Waals surface area contributed by atoms with E-state index in [0.29, 0.717) is 11.1 Å². The summed E-state index contributed by atoms with van der Waals surface area (Å²) in [6, 6.07) is 3.46. The molecule has 0 aliphatic rings. The van der Waals surface area contributed by atoms with Crippen molar-refractivity contribution < 1.29 is 9.53 Å². The van der Waals surface area contributed by atoms with Crippen molar-refractivity contribution in [2.75, 3.05) is 7.11 Å². The van der Waals surface area contributed by atoms with Crippen molar-refractivity contribution in [3.8, 4) is 6.07 Å². The van der Waals surface area contributed by atoms with Crippen molar-refractivity contribution in [2.24, 2.45) is 0 Å². The van der Waals surface area contributed by atoms with E-state index in [4.69, 9.17) is 16.9 Å². The molecule has 0 saturated carbocycles. The zero-order chi connectivity index (χ0) is 11.3.